The lowest BCUT2D eigenvalue weighted by Gasteiger charge is -2.09. The van der Waals surface area contributed by atoms with Crippen molar-refractivity contribution < 1.29 is 0 Å². The maximum atomic E-state index is 8.12. The van der Waals surface area contributed by atoms with Crippen LogP contribution in [0.1, 0.15) is 18.9 Å². The molecule has 1 aromatic heterocycles. The van der Waals surface area contributed by atoms with Crippen molar-refractivity contribution >= 4 is 33.2 Å². The predicted molar refractivity (Wildman–Crippen MR) is 106 cm³/mol. The van der Waals surface area contributed by atoms with Crippen molar-refractivity contribution in [3.8, 4) is 5.69 Å². The number of nitrogens with zero attached hydrogens (tertiary/aromatic N) is 1. The van der Waals surface area contributed by atoms with E-state index in [0.29, 0.717) is 17.8 Å². The highest BCUT2D eigenvalue weighted by Gasteiger charge is 2.11. The van der Waals surface area contributed by atoms with Crippen LogP contribution in [-0.4, -0.2) is 16.0 Å². The molecular formula is C22H19N3. The summed E-state index contributed by atoms with van der Waals surface area (Å²) >= 11 is 0. The number of fused-ring (bicyclic) bond motifs is 3. The number of aromatic nitrogens is 1. The van der Waals surface area contributed by atoms with Gasteiger partial charge in [0.15, 0.2) is 0 Å². The molecule has 0 bridgehead atoms. The highest BCUT2D eigenvalue weighted by molar-refractivity contribution is 6.10. The van der Waals surface area contributed by atoms with E-state index in [1.54, 1.807) is 6.92 Å². The second-order valence-corrected chi connectivity index (χ2v) is 6.35. The van der Waals surface area contributed by atoms with Gasteiger partial charge in [0.2, 0.25) is 0 Å². The third kappa shape index (κ3) is 2.64. The van der Waals surface area contributed by atoms with E-state index < -0.39 is 0 Å². The Balaban J connectivity index is 1.87. The molecule has 122 valence electrons. The Morgan fingerprint density at radius 3 is 1.80 bits per heavy atom. The van der Waals surface area contributed by atoms with Gasteiger partial charge < -0.3 is 15.4 Å². The van der Waals surface area contributed by atoms with Crippen LogP contribution in [0.25, 0.3) is 27.5 Å². The molecule has 25 heavy (non-hydrogen) atoms. The summed E-state index contributed by atoms with van der Waals surface area (Å²) in [5, 5.41) is 18.2. The molecule has 4 aromatic rings. The van der Waals surface area contributed by atoms with Gasteiger partial charge in [0.05, 0.1) is 11.0 Å². The van der Waals surface area contributed by atoms with Gasteiger partial charge in [-0.15, -0.1) is 0 Å². The zero-order valence-electron chi connectivity index (χ0n) is 14.1. The van der Waals surface area contributed by atoms with Gasteiger partial charge in [-0.1, -0.05) is 48.5 Å². The Bertz CT molecular complexity index is 1050. The lowest BCUT2D eigenvalue weighted by Crippen LogP contribution is -2.04. The largest absolute Gasteiger partial charge is 0.310 e. The van der Waals surface area contributed by atoms with E-state index in [2.05, 4.69) is 65.2 Å². The van der Waals surface area contributed by atoms with Crippen LogP contribution in [0, 0.1) is 10.8 Å². The molecule has 0 aliphatic heterocycles. The molecule has 0 spiro atoms. The van der Waals surface area contributed by atoms with E-state index in [0.717, 1.165) is 11.3 Å². The molecule has 3 nitrogen and oxygen atoms in total. The molecule has 4 rings (SSSR count). The summed E-state index contributed by atoms with van der Waals surface area (Å²) in [6.07, 6.45) is 0.398. The van der Waals surface area contributed by atoms with Crippen molar-refractivity contribution in [2.24, 2.45) is 0 Å². The van der Waals surface area contributed by atoms with Crippen LogP contribution in [0.5, 0.6) is 0 Å². The smallest absolute Gasteiger partial charge is 0.0541 e. The molecule has 3 heteroatoms. The molecule has 2 N–H and O–H groups in total. The van der Waals surface area contributed by atoms with Crippen LogP contribution >= 0.6 is 0 Å². The maximum Gasteiger partial charge on any atom is 0.0541 e. The third-order valence-corrected chi connectivity index (χ3v) is 4.50. The number of hydrogen-bond acceptors (Lipinski definition) is 2. The fourth-order valence-corrected chi connectivity index (χ4v) is 3.38. The minimum Gasteiger partial charge on any atom is -0.310 e. The highest BCUT2D eigenvalue weighted by atomic mass is 15.0. The average Bonchev–Trinajstić information content (AvgIpc) is 2.96. The first-order valence-corrected chi connectivity index (χ1v) is 8.35. The number of benzene rings is 3. The third-order valence-electron chi connectivity index (χ3n) is 4.50. The SMILES string of the molecule is CC(=N)CC(=N)c1ccc(-n2c3ccccc3c3ccccc32)cc1. The van der Waals surface area contributed by atoms with Crippen LogP contribution in [0.3, 0.4) is 0 Å². The predicted octanol–water partition coefficient (Wildman–Crippen LogP) is 5.58. The summed E-state index contributed by atoms with van der Waals surface area (Å²) in [5.41, 5.74) is 5.32. The number of para-hydroxylation sites is 2. The second kappa shape index (κ2) is 6.02. The van der Waals surface area contributed by atoms with Gasteiger partial charge >= 0.3 is 0 Å². The molecule has 0 saturated carbocycles. The van der Waals surface area contributed by atoms with Gasteiger partial charge in [0.1, 0.15) is 0 Å². The minimum atomic E-state index is 0.398. The molecule has 0 radical (unpaired) electrons. The molecule has 3 aromatic carbocycles. The topological polar surface area (TPSA) is 52.6 Å². The van der Waals surface area contributed by atoms with Crippen LogP contribution in [0.4, 0.5) is 0 Å². The fourth-order valence-electron chi connectivity index (χ4n) is 3.38. The van der Waals surface area contributed by atoms with Crippen molar-refractivity contribution in [3.63, 3.8) is 0 Å². The summed E-state index contributed by atoms with van der Waals surface area (Å²) in [5.74, 6) is 0. The Kier molecular flexibility index (Phi) is 3.69. The first kappa shape index (κ1) is 15.3. The zero-order chi connectivity index (χ0) is 17.4. The molecule has 0 unspecified atom stereocenters. The maximum absolute atomic E-state index is 8.12. The van der Waals surface area contributed by atoms with Crippen molar-refractivity contribution in [1.82, 2.24) is 4.57 Å². The summed E-state index contributed by atoms with van der Waals surface area (Å²) < 4.78 is 2.26. The Hall–Kier alpha value is -3.20. The van der Waals surface area contributed by atoms with Crippen LogP contribution in [0.2, 0.25) is 0 Å². The van der Waals surface area contributed by atoms with E-state index in [1.165, 1.54) is 21.8 Å². The quantitative estimate of drug-likeness (QED) is 0.460. The average molecular weight is 325 g/mol. The summed E-state index contributed by atoms with van der Waals surface area (Å²) in [6, 6.07) is 24.9. The van der Waals surface area contributed by atoms with Gasteiger partial charge in [-0.3, -0.25) is 0 Å². The van der Waals surface area contributed by atoms with E-state index in [1.807, 2.05) is 12.1 Å². The van der Waals surface area contributed by atoms with Gasteiger partial charge in [0.25, 0.3) is 0 Å². The lowest BCUT2D eigenvalue weighted by molar-refractivity contribution is 1.18. The van der Waals surface area contributed by atoms with Crippen LogP contribution in [-0.2, 0) is 0 Å². The minimum absolute atomic E-state index is 0.398. The van der Waals surface area contributed by atoms with Gasteiger partial charge in [-0.25, -0.2) is 0 Å². The van der Waals surface area contributed by atoms with Crippen molar-refractivity contribution in [3.05, 3.63) is 78.4 Å². The lowest BCUT2D eigenvalue weighted by atomic mass is 10.1. The highest BCUT2D eigenvalue weighted by Crippen LogP contribution is 2.31. The van der Waals surface area contributed by atoms with Crippen molar-refractivity contribution in [2.75, 3.05) is 0 Å². The Morgan fingerprint density at radius 2 is 1.28 bits per heavy atom. The van der Waals surface area contributed by atoms with E-state index in [-0.39, 0.29) is 0 Å². The fraction of sp³-hybridized carbons (Fsp3) is 0.0909. The molecule has 0 saturated heterocycles. The van der Waals surface area contributed by atoms with E-state index >= 15 is 0 Å². The van der Waals surface area contributed by atoms with Crippen LogP contribution in [0.15, 0.2) is 72.8 Å². The second-order valence-electron chi connectivity index (χ2n) is 6.35. The molecule has 0 amide bonds. The molecule has 0 fully saturated rings. The normalized spacial score (nSPS) is 11.1. The number of nitrogens with one attached hydrogen (secondary N) is 2. The van der Waals surface area contributed by atoms with Crippen molar-refractivity contribution in [2.45, 2.75) is 13.3 Å². The van der Waals surface area contributed by atoms with E-state index in [9.17, 15) is 0 Å². The van der Waals surface area contributed by atoms with Crippen LogP contribution < -0.4 is 0 Å². The molecule has 0 aliphatic rings. The standard InChI is InChI=1S/C22H19N3/c1-15(23)14-20(24)16-10-12-17(13-11-16)25-21-8-4-2-6-18(21)19-7-3-5-9-22(19)25/h2-13,23-24H,14H2,1H3. The molecule has 0 atom stereocenters. The molecule has 0 aliphatic carbocycles. The number of hydrogen-bond donors (Lipinski definition) is 2. The van der Waals surface area contributed by atoms with Gasteiger partial charge in [-0.2, -0.15) is 0 Å². The Morgan fingerprint density at radius 1 is 0.760 bits per heavy atom. The zero-order valence-corrected chi connectivity index (χ0v) is 14.1. The Labute approximate surface area is 146 Å². The van der Waals surface area contributed by atoms with Crippen molar-refractivity contribution in [1.29, 1.82) is 10.8 Å². The first-order chi connectivity index (χ1) is 12.1. The summed E-state index contributed by atoms with van der Waals surface area (Å²) in [7, 11) is 0. The van der Waals surface area contributed by atoms with E-state index in [4.69, 9.17) is 10.8 Å². The monoisotopic (exact) mass is 325 g/mol. The molecule has 1 heterocycles. The van der Waals surface area contributed by atoms with Gasteiger partial charge in [-0.05, 0) is 36.8 Å². The summed E-state index contributed by atoms with van der Waals surface area (Å²) in [6.45, 7) is 1.74. The number of rotatable bonds is 4. The summed E-state index contributed by atoms with van der Waals surface area (Å²) in [4.78, 5) is 0. The molecular weight excluding hydrogens is 306 g/mol. The first-order valence-electron chi connectivity index (χ1n) is 8.35. The van der Waals surface area contributed by atoms with Gasteiger partial charge in [0, 0.05) is 34.3 Å².